The van der Waals surface area contributed by atoms with Gasteiger partial charge in [-0.15, -0.1) is 0 Å². The van der Waals surface area contributed by atoms with Crippen molar-refractivity contribution in [2.24, 2.45) is 17.8 Å². The summed E-state index contributed by atoms with van der Waals surface area (Å²) in [7, 11) is 0. The van der Waals surface area contributed by atoms with Gasteiger partial charge in [0.05, 0.1) is 62.0 Å². The number of rotatable bonds is 13. The first-order chi connectivity index (χ1) is 31.4. The van der Waals surface area contributed by atoms with E-state index in [-0.39, 0.29) is 44.1 Å². The Morgan fingerprint density at radius 1 is 0.500 bits per heavy atom. The predicted molar refractivity (Wildman–Crippen MR) is 214 cm³/mol. The minimum absolute atomic E-state index is 0.0272. The van der Waals surface area contributed by atoms with E-state index >= 15 is 0 Å². The maximum atomic E-state index is 12.6. The average molecular weight is 957 g/mol. The third kappa shape index (κ3) is 11.6. The van der Waals surface area contributed by atoms with Crippen molar-refractivity contribution >= 4 is 5.97 Å². The fourth-order valence-corrected chi connectivity index (χ4v) is 10.5. The van der Waals surface area contributed by atoms with Gasteiger partial charge in [0.1, 0.15) is 86.0 Å². The van der Waals surface area contributed by atoms with E-state index < -0.39 is 179 Å². The molecule has 0 spiro atoms. The monoisotopic (exact) mass is 956 g/mol. The standard InChI is InChI=1S/C42H68O24/c43-12-25-30(50)33(53)36(56)41(64-25)62-23-8-16(7-20(47)29(23)49)39-24(63-42-37(57)34(54)31(51)26(13-44)65-42)11-19-21(60-39)9-18(46)10-22(19)61-40-38(58)35(55)32(52)27(66-40)14-59-28(48)6-3-15-1-4-17(45)5-2-15/h3,6,15-27,29-47,49-58H,1-2,4-5,7-14H2. The second kappa shape index (κ2) is 22.6. The maximum absolute atomic E-state index is 12.6. The summed E-state index contributed by atoms with van der Waals surface area (Å²) in [5.74, 6) is -2.22. The summed E-state index contributed by atoms with van der Waals surface area (Å²) < 4.78 is 47.5. The Balaban J connectivity index is 1.08. The number of carbonyl (C=O) groups excluding carboxylic acids is 1. The van der Waals surface area contributed by atoms with Crippen LogP contribution in [-0.4, -0.2) is 249 Å². The van der Waals surface area contributed by atoms with E-state index in [0.717, 1.165) is 0 Å². The maximum Gasteiger partial charge on any atom is 0.330 e. The van der Waals surface area contributed by atoms with E-state index in [9.17, 15) is 81.4 Å². The predicted octanol–water partition coefficient (Wildman–Crippen LogP) is -6.74. The van der Waals surface area contributed by atoms with E-state index in [1.807, 2.05) is 0 Å². The Morgan fingerprint density at radius 3 is 1.58 bits per heavy atom. The zero-order valence-electron chi connectivity index (χ0n) is 36.1. The van der Waals surface area contributed by atoms with Crippen LogP contribution >= 0.6 is 0 Å². The molecule has 7 aliphatic rings. The fraction of sp³-hybridized carbons (Fsp3) is 0.929. The largest absolute Gasteiger partial charge is 0.460 e. The molecule has 24 nitrogen and oxygen atoms in total. The molecule has 380 valence electrons. The topological polar surface area (TPSA) is 394 Å². The molecular formula is C42H68O24. The van der Waals surface area contributed by atoms with E-state index in [0.29, 0.717) is 25.7 Å². The first kappa shape index (κ1) is 52.2. The van der Waals surface area contributed by atoms with Crippen LogP contribution in [0.4, 0.5) is 0 Å². The minimum Gasteiger partial charge on any atom is -0.460 e. The number of fused-ring (bicyclic) bond motifs is 1. The first-order valence-electron chi connectivity index (χ1n) is 22.9. The lowest BCUT2D eigenvalue weighted by molar-refractivity contribution is -0.347. The smallest absolute Gasteiger partial charge is 0.330 e. The van der Waals surface area contributed by atoms with E-state index in [1.165, 1.54) is 6.08 Å². The van der Waals surface area contributed by atoms with Crippen LogP contribution in [-0.2, 0) is 42.7 Å². The molecule has 0 aromatic rings. The van der Waals surface area contributed by atoms with Crippen molar-refractivity contribution in [1.82, 2.24) is 0 Å². The van der Waals surface area contributed by atoms with Crippen molar-refractivity contribution in [3.8, 4) is 0 Å². The Hall–Kier alpha value is -1.67. The lowest BCUT2D eigenvalue weighted by Crippen LogP contribution is -2.64. The van der Waals surface area contributed by atoms with Crippen molar-refractivity contribution in [1.29, 1.82) is 0 Å². The summed E-state index contributed by atoms with van der Waals surface area (Å²) in [5, 5.41) is 159. The van der Waals surface area contributed by atoms with Crippen LogP contribution < -0.4 is 0 Å². The molecule has 7 fully saturated rings. The van der Waals surface area contributed by atoms with E-state index in [1.54, 1.807) is 6.08 Å². The minimum atomic E-state index is -1.86. The molecule has 24 heteroatoms. The molecule has 3 aliphatic carbocycles. The van der Waals surface area contributed by atoms with Gasteiger partial charge in [-0.1, -0.05) is 6.08 Å². The van der Waals surface area contributed by atoms with Crippen molar-refractivity contribution in [3.63, 3.8) is 0 Å². The van der Waals surface area contributed by atoms with Crippen LogP contribution in [0.1, 0.15) is 57.8 Å². The van der Waals surface area contributed by atoms with Gasteiger partial charge in [0.15, 0.2) is 18.9 Å². The Morgan fingerprint density at radius 2 is 1.02 bits per heavy atom. The molecule has 25 unspecified atom stereocenters. The van der Waals surface area contributed by atoms with Gasteiger partial charge in [-0.3, -0.25) is 0 Å². The number of aliphatic hydroxyl groups excluding tert-OH is 15. The van der Waals surface area contributed by atoms with Gasteiger partial charge in [-0.2, -0.15) is 0 Å². The van der Waals surface area contributed by atoms with Crippen LogP contribution in [0.15, 0.2) is 12.2 Å². The number of aliphatic hydroxyl groups is 15. The molecule has 7 rings (SSSR count). The average Bonchev–Trinajstić information content (AvgIpc) is 3.30. The molecule has 3 saturated carbocycles. The summed E-state index contributed by atoms with van der Waals surface area (Å²) in [6, 6.07) is 0. The molecule has 0 aromatic heterocycles. The molecule has 66 heavy (non-hydrogen) atoms. The number of hydrogen-bond acceptors (Lipinski definition) is 24. The van der Waals surface area contributed by atoms with Crippen molar-refractivity contribution < 1.29 is 119 Å². The number of allylic oxidation sites excluding steroid dienone is 1. The summed E-state index contributed by atoms with van der Waals surface area (Å²) >= 11 is 0. The lowest BCUT2D eigenvalue weighted by Gasteiger charge is -2.53. The van der Waals surface area contributed by atoms with Gasteiger partial charge >= 0.3 is 5.97 Å². The highest BCUT2D eigenvalue weighted by Crippen LogP contribution is 2.46. The highest BCUT2D eigenvalue weighted by Gasteiger charge is 2.56. The molecule has 15 N–H and O–H groups in total. The van der Waals surface area contributed by atoms with Crippen molar-refractivity contribution in [3.05, 3.63) is 12.2 Å². The molecule has 4 saturated heterocycles. The highest BCUT2D eigenvalue weighted by atomic mass is 16.7. The van der Waals surface area contributed by atoms with Gasteiger partial charge in [-0.05, 0) is 63.2 Å². The number of carbonyl (C=O) groups is 1. The van der Waals surface area contributed by atoms with Crippen LogP contribution in [0.25, 0.3) is 0 Å². The van der Waals surface area contributed by atoms with E-state index in [2.05, 4.69) is 0 Å². The number of esters is 1. The molecular weight excluding hydrogens is 888 g/mol. The zero-order chi connectivity index (χ0) is 47.7. The third-order valence-electron chi connectivity index (χ3n) is 14.4. The Bertz CT molecular complexity index is 1570. The molecule has 0 aromatic carbocycles. The molecule has 25 atom stereocenters. The van der Waals surface area contributed by atoms with Gasteiger partial charge < -0.3 is 114 Å². The van der Waals surface area contributed by atoms with Crippen LogP contribution in [0.3, 0.4) is 0 Å². The van der Waals surface area contributed by atoms with Crippen LogP contribution in [0, 0.1) is 17.8 Å². The quantitative estimate of drug-likeness (QED) is 0.0603. The molecule has 0 amide bonds. The summed E-state index contributed by atoms with van der Waals surface area (Å²) in [6.45, 7) is -2.07. The summed E-state index contributed by atoms with van der Waals surface area (Å²) in [4.78, 5) is 12.6. The fourth-order valence-electron chi connectivity index (χ4n) is 10.5. The summed E-state index contributed by atoms with van der Waals surface area (Å²) in [6.07, 6.45) is -30.1. The SMILES string of the molecule is O=C(C=CC1CCC(O)CC1)OCC1OC(OC2CC(O)CC3OC(C4CC(O)C(O)C(OC5OC(CO)C(O)C(O)C5O)C4)C(OC4OC(CO)C(O)C(O)C4O)CC23)C(O)C(O)C1O. The molecule has 4 aliphatic heterocycles. The van der Waals surface area contributed by atoms with Crippen LogP contribution in [0.5, 0.6) is 0 Å². The lowest BCUT2D eigenvalue weighted by atomic mass is 9.72. The Labute approximate surface area is 379 Å². The molecule has 0 radical (unpaired) electrons. The van der Waals surface area contributed by atoms with Crippen molar-refractivity contribution in [2.75, 3.05) is 19.8 Å². The zero-order valence-corrected chi connectivity index (χ0v) is 36.1. The normalized spacial score (nSPS) is 51.6. The van der Waals surface area contributed by atoms with Gasteiger partial charge in [0.25, 0.3) is 0 Å². The number of ether oxygens (including phenoxy) is 8. The first-order valence-corrected chi connectivity index (χ1v) is 22.9. The van der Waals surface area contributed by atoms with E-state index in [4.69, 9.17) is 37.9 Å². The highest BCUT2D eigenvalue weighted by molar-refractivity contribution is 5.81. The second-order valence-electron chi connectivity index (χ2n) is 18.9. The van der Waals surface area contributed by atoms with Gasteiger partial charge in [0, 0.05) is 18.4 Å². The second-order valence-corrected chi connectivity index (χ2v) is 18.9. The Kier molecular flexibility index (Phi) is 17.9. The summed E-state index contributed by atoms with van der Waals surface area (Å²) in [5.41, 5.74) is 0. The third-order valence-corrected chi connectivity index (χ3v) is 14.4. The van der Waals surface area contributed by atoms with Gasteiger partial charge in [0.2, 0.25) is 0 Å². The van der Waals surface area contributed by atoms with Crippen LogP contribution in [0.2, 0.25) is 0 Å². The van der Waals surface area contributed by atoms with Gasteiger partial charge in [-0.25, -0.2) is 4.79 Å². The molecule has 0 bridgehead atoms. The van der Waals surface area contributed by atoms with Crippen molar-refractivity contribution in [2.45, 2.75) is 205 Å². The number of hydrogen-bond donors (Lipinski definition) is 15. The molecule has 4 heterocycles.